The van der Waals surface area contributed by atoms with Crippen LogP contribution in [0.3, 0.4) is 0 Å². The van der Waals surface area contributed by atoms with Gasteiger partial charge in [-0.15, -0.1) is 0 Å². The lowest BCUT2D eigenvalue weighted by Crippen LogP contribution is -2.11. The van der Waals surface area contributed by atoms with Crippen LogP contribution in [0.4, 0.5) is 0 Å². The Balaban J connectivity index is 2.42. The van der Waals surface area contributed by atoms with Gasteiger partial charge in [-0.2, -0.15) is 0 Å². The molecule has 1 aliphatic carbocycles. The fraction of sp³-hybridized carbons (Fsp3) is 0.700. The highest BCUT2D eigenvalue weighted by atomic mass is 16.1. The number of amides is 1. The van der Waals surface area contributed by atoms with Crippen LogP contribution in [-0.4, -0.2) is 5.91 Å². The van der Waals surface area contributed by atoms with Crippen LogP contribution in [0.5, 0.6) is 0 Å². The molecule has 2 heteroatoms. The molecule has 0 bridgehead atoms. The number of carbonyl (C=O) groups is 1. The highest BCUT2D eigenvalue weighted by molar-refractivity contribution is 5.76. The number of nitrogens with two attached hydrogens (primary N) is 1. The first-order valence-corrected chi connectivity index (χ1v) is 4.53. The predicted molar refractivity (Wildman–Crippen MR) is 49.5 cm³/mol. The zero-order chi connectivity index (χ0) is 9.14. The molecule has 0 aromatic carbocycles. The van der Waals surface area contributed by atoms with Gasteiger partial charge < -0.3 is 5.73 Å². The summed E-state index contributed by atoms with van der Waals surface area (Å²) in [6, 6.07) is 0. The zero-order valence-electron chi connectivity index (χ0n) is 7.89. The van der Waals surface area contributed by atoms with E-state index < -0.39 is 0 Å². The lowest BCUT2D eigenvalue weighted by atomic mass is 10.0. The van der Waals surface area contributed by atoms with Crippen molar-refractivity contribution in [3.63, 3.8) is 0 Å². The molecule has 1 saturated carbocycles. The summed E-state index contributed by atoms with van der Waals surface area (Å²) in [6.45, 7) is 4.11. The molecule has 0 heterocycles. The summed E-state index contributed by atoms with van der Waals surface area (Å²) >= 11 is 0. The Hall–Kier alpha value is -0.790. The Morgan fingerprint density at radius 3 is 2.33 bits per heavy atom. The molecule has 0 aromatic rings. The number of carbonyl (C=O) groups excluding carboxylic acids is 1. The fourth-order valence-electron chi connectivity index (χ4n) is 1.34. The van der Waals surface area contributed by atoms with E-state index in [1.165, 1.54) is 24.8 Å². The van der Waals surface area contributed by atoms with Crippen molar-refractivity contribution >= 4 is 5.91 Å². The van der Waals surface area contributed by atoms with Crippen LogP contribution in [0, 0.1) is 5.92 Å². The van der Waals surface area contributed by atoms with E-state index in [2.05, 4.69) is 6.92 Å². The molecule has 0 aliphatic heterocycles. The standard InChI is InChI=1S/C10H17NO/c1-7(5-9-3-4-9)8(2)6-10(11)12/h9H,3-6H2,1-2H3,(H2,11,12)/b8-7-. The second kappa shape index (κ2) is 3.74. The third kappa shape index (κ3) is 3.07. The molecule has 0 aromatic heterocycles. The van der Waals surface area contributed by atoms with Crippen molar-refractivity contribution in [1.82, 2.24) is 0 Å². The summed E-state index contributed by atoms with van der Waals surface area (Å²) < 4.78 is 0. The highest BCUT2D eigenvalue weighted by Gasteiger charge is 2.21. The Labute approximate surface area is 73.8 Å². The van der Waals surface area contributed by atoms with Gasteiger partial charge in [0, 0.05) is 6.42 Å². The summed E-state index contributed by atoms with van der Waals surface area (Å²) in [4.78, 5) is 10.6. The summed E-state index contributed by atoms with van der Waals surface area (Å²) in [5.41, 5.74) is 7.62. The van der Waals surface area contributed by atoms with Crippen molar-refractivity contribution in [2.75, 3.05) is 0 Å². The molecule has 1 amide bonds. The van der Waals surface area contributed by atoms with Crippen LogP contribution in [0.25, 0.3) is 0 Å². The summed E-state index contributed by atoms with van der Waals surface area (Å²) in [5.74, 6) is 0.676. The van der Waals surface area contributed by atoms with E-state index in [-0.39, 0.29) is 5.91 Å². The summed E-state index contributed by atoms with van der Waals surface area (Å²) in [7, 11) is 0. The quantitative estimate of drug-likeness (QED) is 0.639. The summed E-state index contributed by atoms with van der Waals surface area (Å²) in [6.07, 6.45) is 4.32. The first kappa shape index (κ1) is 9.30. The van der Waals surface area contributed by atoms with Gasteiger partial charge in [0.1, 0.15) is 0 Å². The van der Waals surface area contributed by atoms with Crippen molar-refractivity contribution in [2.24, 2.45) is 11.7 Å². The largest absolute Gasteiger partial charge is 0.369 e. The van der Waals surface area contributed by atoms with E-state index in [1.54, 1.807) is 0 Å². The Kier molecular flexibility index (Phi) is 2.90. The van der Waals surface area contributed by atoms with Gasteiger partial charge in [-0.3, -0.25) is 4.79 Å². The molecule has 1 fully saturated rings. The van der Waals surface area contributed by atoms with E-state index in [4.69, 9.17) is 5.73 Å². The highest BCUT2D eigenvalue weighted by Crippen LogP contribution is 2.35. The molecule has 0 unspecified atom stereocenters. The minimum atomic E-state index is -0.220. The maximum Gasteiger partial charge on any atom is 0.221 e. The predicted octanol–water partition coefficient (Wildman–Crippen LogP) is 2.00. The van der Waals surface area contributed by atoms with Gasteiger partial charge in [0.25, 0.3) is 0 Å². The lowest BCUT2D eigenvalue weighted by Gasteiger charge is -2.04. The monoisotopic (exact) mass is 167 g/mol. The molecule has 0 spiro atoms. The Morgan fingerprint density at radius 1 is 1.33 bits per heavy atom. The van der Waals surface area contributed by atoms with Crippen LogP contribution in [-0.2, 0) is 4.79 Å². The van der Waals surface area contributed by atoms with Crippen molar-refractivity contribution in [3.8, 4) is 0 Å². The number of rotatable bonds is 4. The van der Waals surface area contributed by atoms with Crippen LogP contribution in [0.2, 0.25) is 0 Å². The smallest absolute Gasteiger partial charge is 0.221 e. The summed E-state index contributed by atoms with van der Waals surface area (Å²) in [5, 5.41) is 0. The van der Waals surface area contributed by atoms with E-state index >= 15 is 0 Å². The molecular weight excluding hydrogens is 150 g/mol. The van der Waals surface area contributed by atoms with Gasteiger partial charge in [-0.25, -0.2) is 0 Å². The molecule has 68 valence electrons. The Bertz CT molecular complexity index is 214. The van der Waals surface area contributed by atoms with E-state index in [1.807, 2.05) is 6.92 Å². The van der Waals surface area contributed by atoms with E-state index in [0.29, 0.717) is 6.42 Å². The van der Waals surface area contributed by atoms with Crippen LogP contribution in [0.15, 0.2) is 11.1 Å². The minimum absolute atomic E-state index is 0.220. The fourth-order valence-corrected chi connectivity index (χ4v) is 1.34. The molecular formula is C10H17NO. The van der Waals surface area contributed by atoms with Crippen molar-refractivity contribution in [3.05, 3.63) is 11.1 Å². The van der Waals surface area contributed by atoms with E-state index in [0.717, 1.165) is 11.5 Å². The molecule has 1 rings (SSSR count). The van der Waals surface area contributed by atoms with Crippen LogP contribution < -0.4 is 5.73 Å². The Morgan fingerprint density at radius 2 is 1.92 bits per heavy atom. The van der Waals surface area contributed by atoms with Gasteiger partial charge in [0.15, 0.2) is 0 Å². The van der Waals surface area contributed by atoms with E-state index in [9.17, 15) is 4.79 Å². The second-order valence-corrected chi connectivity index (χ2v) is 3.85. The van der Waals surface area contributed by atoms with Gasteiger partial charge in [-0.1, -0.05) is 11.1 Å². The third-order valence-corrected chi connectivity index (χ3v) is 2.46. The van der Waals surface area contributed by atoms with Crippen molar-refractivity contribution < 1.29 is 4.79 Å². The molecule has 2 nitrogen and oxygen atoms in total. The normalized spacial score (nSPS) is 18.8. The minimum Gasteiger partial charge on any atom is -0.369 e. The maximum atomic E-state index is 10.6. The topological polar surface area (TPSA) is 43.1 Å². The van der Waals surface area contributed by atoms with Gasteiger partial charge in [0.05, 0.1) is 0 Å². The molecule has 2 N–H and O–H groups in total. The van der Waals surface area contributed by atoms with Crippen LogP contribution >= 0.6 is 0 Å². The van der Waals surface area contributed by atoms with Crippen molar-refractivity contribution in [2.45, 2.75) is 39.5 Å². The molecule has 1 aliphatic rings. The molecule has 12 heavy (non-hydrogen) atoms. The SMILES string of the molecule is C/C(CC(N)=O)=C(\C)CC1CC1. The zero-order valence-corrected chi connectivity index (χ0v) is 7.89. The van der Waals surface area contributed by atoms with Gasteiger partial charge in [0.2, 0.25) is 5.91 Å². The van der Waals surface area contributed by atoms with Gasteiger partial charge in [-0.05, 0) is 39.0 Å². The third-order valence-electron chi connectivity index (χ3n) is 2.46. The second-order valence-electron chi connectivity index (χ2n) is 3.85. The van der Waals surface area contributed by atoms with Crippen LogP contribution in [0.1, 0.15) is 39.5 Å². The molecule has 0 saturated heterocycles. The first-order valence-electron chi connectivity index (χ1n) is 4.53. The average Bonchev–Trinajstić information content (AvgIpc) is 2.70. The molecule has 0 atom stereocenters. The lowest BCUT2D eigenvalue weighted by molar-refractivity contribution is -0.117. The average molecular weight is 167 g/mol. The first-order chi connectivity index (χ1) is 5.59. The van der Waals surface area contributed by atoms with Gasteiger partial charge >= 0.3 is 0 Å². The van der Waals surface area contributed by atoms with Crippen molar-refractivity contribution in [1.29, 1.82) is 0 Å². The number of hydrogen-bond acceptors (Lipinski definition) is 1. The molecule has 0 radical (unpaired) electrons. The maximum absolute atomic E-state index is 10.6. The number of allylic oxidation sites excluding steroid dienone is 1. The number of primary amides is 1. The number of hydrogen-bond donors (Lipinski definition) is 1.